The summed E-state index contributed by atoms with van der Waals surface area (Å²) < 4.78 is 0. The first kappa shape index (κ1) is 15.0. The minimum atomic E-state index is 0.641. The number of nitrogens with zero attached hydrogens (tertiary/aromatic N) is 1. The number of hydrogen-bond acceptors (Lipinski definition) is 1. The maximum absolute atomic E-state index is 6.21. The second-order valence-corrected chi connectivity index (χ2v) is 6.49. The van der Waals surface area contributed by atoms with Crippen molar-refractivity contribution in [2.75, 3.05) is 17.3 Å². The molecule has 1 heterocycles. The lowest BCUT2D eigenvalue weighted by Gasteiger charge is -2.27. The van der Waals surface area contributed by atoms with Gasteiger partial charge >= 0.3 is 0 Å². The van der Waals surface area contributed by atoms with Crippen molar-refractivity contribution in [2.45, 2.75) is 19.3 Å². The first-order chi connectivity index (χ1) is 10.2. The van der Waals surface area contributed by atoms with E-state index in [4.69, 9.17) is 34.8 Å². The van der Waals surface area contributed by atoms with Crippen LogP contribution in [0.5, 0.6) is 0 Å². The highest BCUT2D eigenvalue weighted by atomic mass is 35.5. The largest absolute Gasteiger partial charge is 0.341 e. The Balaban J connectivity index is 2.13. The van der Waals surface area contributed by atoms with E-state index in [-0.39, 0.29) is 0 Å². The third kappa shape index (κ3) is 3.15. The summed E-state index contributed by atoms with van der Waals surface area (Å²) in [6.07, 6.45) is 2.94. The predicted octanol–water partition coefficient (Wildman–Crippen LogP) is 5.86. The summed E-state index contributed by atoms with van der Waals surface area (Å²) in [6.45, 7) is 0.865. The normalized spacial score (nSPS) is 13.6. The minimum Gasteiger partial charge on any atom is -0.341 e. The number of hydrogen-bond donors (Lipinski definition) is 0. The molecule has 0 amide bonds. The van der Waals surface area contributed by atoms with Gasteiger partial charge in [-0.05, 0) is 54.7 Å². The number of aryl methyl sites for hydroxylation is 2. The molecule has 1 aliphatic rings. The molecular formula is C17H16Cl3N. The number of halogens is 3. The lowest BCUT2D eigenvalue weighted by atomic mass is 10.0. The Morgan fingerprint density at radius 3 is 1.86 bits per heavy atom. The monoisotopic (exact) mass is 339 g/mol. The maximum Gasteiger partial charge on any atom is 0.0458 e. The molecule has 0 atom stereocenters. The van der Waals surface area contributed by atoms with E-state index >= 15 is 0 Å². The number of fused-ring (bicyclic) bond motifs is 2. The second kappa shape index (κ2) is 6.48. The summed E-state index contributed by atoms with van der Waals surface area (Å²) in [5.41, 5.74) is 4.99. The van der Waals surface area contributed by atoms with Crippen LogP contribution in [0.2, 0.25) is 10.0 Å². The van der Waals surface area contributed by atoms with Crippen LogP contribution in [-0.2, 0) is 12.8 Å². The molecule has 0 spiro atoms. The molecule has 110 valence electrons. The highest BCUT2D eigenvalue weighted by Crippen LogP contribution is 2.38. The Kier molecular flexibility index (Phi) is 4.63. The molecule has 4 heteroatoms. The predicted molar refractivity (Wildman–Crippen MR) is 92.7 cm³/mol. The van der Waals surface area contributed by atoms with Gasteiger partial charge in [-0.1, -0.05) is 35.3 Å². The van der Waals surface area contributed by atoms with E-state index in [1.165, 1.54) is 22.5 Å². The van der Waals surface area contributed by atoms with Crippen LogP contribution in [0.15, 0.2) is 36.4 Å². The lowest BCUT2D eigenvalue weighted by molar-refractivity contribution is 0.888. The van der Waals surface area contributed by atoms with E-state index in [0.717, 1.165) is 35.9 Å². The number of rotatable bonds is 3. The Hall–Kier alpha value is -0.890. The molecule has 0 fully saturated rings. The molecule has 0 saturated heterocycles. The fourth-order valence-electron chi connectivity index (χ4n) is 2.86. The molecule has 0 aliphatic carbocycles. The van der Waals surface area contributed by atoms with Gasteiger partial charge in [0.05, 0.1) is 0 Å². The van der Waals surface area contributed by atoms with Gasteiger partial charge in [-0.2, -0.15) is 0 Å². The van der Waals surface area contributed by atoms with Crippen LogP contribution in [0.1, 0.15) is 17.5 Å². The summed E-state index contributed by atoms with van der Waals surface area (Å²) in [7, 11) is 0. The van der Waals surface area contributed by atoms with Crippen molar-refractivity contribution in [1.29, 1.82) is 0 Å². The highest BCUT2D eigenvalue weighted by molar-refractivity contribution is 6.31. The third-order valence-corrected chi connectivity index (χ3v) is 4.59. The van der Waals surface area contributed by atoms with Crippen molar-refractivity contribution in [3.63, 3.8) is 0 Å². The number of alkyl halides is 1. The standard InChI is InChI=1S/C17H16Cl3N/c18-8-1-9-21-16-10-14(19)6-4-12(16)2-3-13-5-7-15(20)11-17(13)21/h4-7,10-11H,1-3,8-9H2. The van der Waals surface area contributed by atoms with Gasteiger partial charge in [0.2, 0.25) is 0 Å². The minimum absolute atomic E-state index is 0.641. The van der Waals surface area contributed by atoms with Crippen LogP contribution in [0.3, 0.4) is 0 Å². The Bertz CT molecular complexity index is 601. The van der Waals surface area contributed by atoms with E-state index in [0.29, 0.717) is 5.88 Å². The molecule has 1 aliphatic heterocycles. The molecule has 3 rings (SSSR count). The smallest absolute Gasteiger partial charge is 0.0458 e. The first-order valence-electron chi connectivity index (χ1n) is 7.09. The molecule has 0 aromatic heterocycles. The van der Waals surface area contributed by atoms with Crippen molar-refractivity contribution in [2.24, 2.45) is 0 Å². The first-order valence-corrected chi connectivity index (χ1v) is 8.38. The van der Waals surface area contributed by atoms with Crippen molar-refractivity contribution in [3.8, 4) is 0 Å². The zero-order valence-corrected chi connectivity index (χ0v) is 13.8. The molecule has 2 aromatic carbocycles. The maximum atomic E-state index is 6.21. The van der Waals surface area contributed by atoms with Crippen LogP contribution in [-0.4, -0.2) is 12.4 Å². The van der Waals surface area contributed by atoms with Crippen LogP contribution in [0, 0.1) is 0 Å². The molecule has 0 N–H and O–H groups in total. The number of anilines is 2. The van der Waals surface area contributed by atoms with Gasteiger partial charge in [0, 0.05) is 33.8 Å². The Morgan fingerprint density at radius 1 is 0.857 bits per heavy atom. The van der Waals surface area contributed by atoms with Gasteiger partial charge in [0.15, 0.2) is 0 Å². The topological polar surface area (TPSA) is 3.24 Å². The average molecular weight is 341 g/mol. The fourth-order valence-corrected chi connectivity index (χ4v) is 3.31. The van der Waals surface area contributed by atoms with E-state index in [1.807, 2.05) is 24.3 Å². The lowest BCUT2D eigenvalue weighted by Crippen LogP contribution is -2.20. The van der Waals surface area contributed by atoms with E-state index < -0.39 is 0 Å². The quantitative estimate of drug-likeness (QED) is 0.633. The van der Waals surface area contributed by atoms with Gasteiger partial charge in [-0.3, -0.25) is 0 Å². The molecule has 1 nitrogen and oxygen atoms in total. The third-order valence-electron chi connectivity index (χ3n) is 3.86. The Labute approximate surface area is 140 Å². The molecule has 2 aromatic rings. The van der Waals surface area contributed by atoms with E-state index in [1.54, 1.807) is 0 Å². The molecule has 0 unspecified atom stereocenters. The highest BCUT2D eigenvalue weighted by Gasteiger charge is 2.20. The molecular weight excluding hydrogens is 325 g/mol. The summed E-state index contributed by atoms with van der Waals surface area (Å²) in [5, 5.41) is 1.52. The van der Waals surface area contributed by atoms with Crippen molar-refractivity contribution < 1.29 is 0 Å². The van der Waals surface area contributed by atoms with Crippen molar-refractivity contribution >= 4 is 46.2 Å². The van der Waals surface area contributed by atoms with Crippen LogP contribution >= 0.6 is 34.8 Å². The summed E-state index contributed by atoms with van der Waals surface area (Å²) in [5.74, 6) is 0.641. The fraction of sp³-hybridized carbons (Fsp3) is 0.294. The zero-order chi connectivity index (χ0) is 14.8. The van der Waals surface area contributed by atoms with Crippen molar-refractivity contribution in [1.82, 2.24) is 0 Å². The molecule has 0 radical (unpaired) electrons. The second-order valence-electron chi connectivity index (χ2n) is 5.24. The van der Waals surface area contributed by atoms with E-state index in [2.05, 4.69) is 17.0 Å². The van der Waals surface area contributed by atoms with Crippen LogP contribution < -0.4 is 4.90 Å². The Morgan fingerprint density at radius 2 is 1.38 bits per heavy atom. The molecule has 0 bridgehead atoms. The van der Waals surface area contributed by atoms with Gasteiger partial charge in [-0.15, -0.1) is 11.6 Å². The van der Waals surface area contributed by atoms with Gasteiger partial charge in [0.1, 0.15) is 0 Å². The van der Waals surface area contributed by atoms with E-state index in [9.17, 15) is 0 Å². The van der Waals surface area contributed by atoms with Gasteiger partial charge in [0.25, 0.3) is 0 Å². The summed E-state index contributed by atoms with van der Waals surface area (Å²) >= 11 is 18.3. The van der Waals surface area contributed by atoms with Gasteiger partial charge in [-0.25, -0.2) is 0 Å². The zero-order valence-electron chi connectivity index (χ0n) is 11.6. The molecule has 21 heavy (non-hydrogen) atoms. The number of benzene rings is 2. The van der Waals surface area contributed by atoms with Crippen LogP contribution in [0.25, 0.3) is 0 Å². The molecule has 0 saturated carbocycles. The average Bonchev–Trinajstić information content (AvgIpc) is 2.62. The summed E-state index contributed by atoms with van der Waals surface area (Å²) in [6, 6.07) is 12.3. The SMILES string of the molecule is ClCCCN1c2cc(Cl)ccc2CCc2ccc(Cl)cc21. The van der Waals surface area contributed by atoms with Crippen molar-refractivity contribution in [3.05, 3.63) is 57.6 Å². The summed E-state index contributed by atoms with van der Waals surface area (Å²) in [4.78, 5) is 2.30. The van der Waals surface area contributed by atoms with Crippen LogP contribution in [0.4, 0.5) is 11.4 Å². The van der Waals surface area contributed by atoms with Gasteiger partial charge < -0.3 is 4.90 Å².